The zero-order chi connectivity index (χ0) is 5.11. The van der Waals surface area contributed by atoms with Crippen LogP contribution in [0.4, 0.5) is 0 Å². The fraction of sp³-hybridized carbons (Fsp3) is 0.250. The van der Waals surface area contributed by atoms with Crippen molar-refractivity contribution >= 4 is 6.34 Å². The molecule has 1 rings (SSSR count). The molecule has 0 saturated carbocycles. The Morgan fingerprint density at radius 3 is 2.86 bits per heavy atom. The lowest BCUT2D eigenvalue weighted by Crippen LogP contribution is -2.12. The molecule has 0 saturated heterocycles. The minimum atomic E-state index is -0.638. The first-order valence-corrected chi connectivity index (χ1v) is 2.02. The van der Waals surface area contributed by atoms with Crippen molar-refractivity contribution in [2.75, 3.05) is 0 Å². The molecule has 3 nitrogen and oxygen atoms in total. The molecule has 1 unspecified atom stereocenters. The number of rotatable bonds is 0. The Morgan fingerprint density at radius 2 is 2.57 bits per heavy atom. The Labute approximate surface area is 41.4 Å². The second-order valence-corrected chi connectivity index (χ2v) is 1.22. The highest BCUT2D eigenvalue weighted by atomic mass is 16.3. The summed E-state index contributed by atoms with van der Waals surface area (Å²) in [6, 6.07) is 0. The summed E-state index contributed by atoms with van der Waals surface area (Å²) in [5.41, 5.74) is 0. The molecule has 0 fully saturated rings. The van der Waals surface area contributed by atoms with Crippen LogP contribution in [-0.2, 0) is 0 Å². The molecule has 0 radical (unpaired) electrons. The third kappa shape index (κ3) is 1.01. The molecule has 0 aromatic carbocycles. The van der Waals surface area contributed by atoms with Gasteiger partial charge in [0.25, 0.3) is 0 Å². The summed E-state index contributed by atoms with van der Waals surface area (Å²) in [5, 5.41) is 11.3. The molecule has 0 aromatic heterocycles. The van der Waals surface area contributed by atoms with Crippen molar-refractivity contribution in [3.63, 3.8) is 0 Å². The van der Waals surface area contributed by atoms with Crippen LogP contribution in [0, 0.1) is 0 Å². The van der Waals surface area contributed by atoms with Crippen LogP contribution in [0.15, 0.2) is 17.3 Å². The summed E-state index contributed by atoms with van der Waals surface area (Å²) in [4.78, 5) is 3.56. The minimum absolute atomic E-state index is 0.638. The van der Waals surface area contributed by atoms with Crippen LogP contribution in [0.1, 0.15) is 0 Å². The number of aliphatic hydroxyl groups excluding tert-OH is 1. The van der Waals surface area contributed by atoms with Gasteiger partial charge in [-0.3, -0.25) is 0 Å². The Bertz CT molecular complexity index is 96.3. The van der Waals surface area contributed by atoms with E-state index in [4.69, 9.17) is 5.11 Å². The van der Waals surface area contributed by atoms with Crippen LogP contribution in [0.3, 0.4) is 0 Å². The average molecular weight is 98.1 g/mol. The van der Waals surface area contributed by atoms with E-state index in [0.717, 1.165) is 0 Å². The fourth-order valence-corrected chi connectivity index (χ4v) is 0.354. The standard InChI is InChI=1S/C4H6N2O/c7-4-1-2-5-3-6-4/h1-4,7H,(H,5,6). The van der Waals surface area contributed by atoms with Crippen LogP contribution >= 0.6 is 0 Å². The lowest BCUT2D eigenvalue weighted by molar-refractivity contribution is 0.232. The molecule has 7 heavy (non-hydrogen) atoms. The van der Waals surface area contributed by atoms with Crippen LogP contribution in [0.25, 0.3) is 0 Å². The number of hydrogen-bond acceptors (Lipinski definition) is 3. The van der Waals surface area contributed by atoms with E-state index in [0.29, 0.717) is 0 Å². The van der Waals surface area contributed by atoms with E-state index in [1.807, 2.05) is 0 Å². The van der Waals surface area contributed by atoms with E-state index < -0.39 is 6.23 Å². The van der Waals surface area contributed by atoms with Gasteiger partial charge in [0.05, 0.1) is 6.34 Å². The van der Waals surface area contributed by atoms with E-state index in [1.54, 1.807) is 12.3 Å². The normalized spacial score (nSPS) is 27.3. The van der Waals surface area contributed by atoms with Crippen molar-refractivity contribution in [2.24, 2.45) is 4.99 Å². The van der Waals surface area contributed by atoms with Gasteiger partial charge in [-0.1, -0.05) is 0 Å². The van der Waals surface area contributed by atoms with Crippen molar-refractivity contribution in [3.8, 4) is 0 Å². The van der Waals surface area contributed by atoms with Crippen molar-refractivity contribution in [2.45, 2.75) is 6.23 Å². The molecule has 1 atom stereocenters. The average Bonchev–Trinajstić information content (AvgIpc) is 1.69. The van der Waals surface area contributed by atoms with Crippen molar-refractivity contribution in [1.82, 2.24) is 5.32 Å². The highest BCUT2D eigenvalue weighted by Crippen LogP contribution is 1.87. The zero-order valence-electron chi connectivity index (χ0n) is 3.70. The lowest BCUT2D eigenvalue weighted by Gasteiger charge is -2.01. The molecule has 0 aliphatic carbocycles. The van der Waals surface area contributed by atoms with Gasteiger partial charge in [0.15, 0.2) is 6.23 Å². The highest BCUT2D eigenvalue weighted by Gasteiger charge is 1.92. The van der Waals surface area contributed by atoms with E-state index in [1.165, 1.54) is 6.34 Å². The van der Waals surface area contributed by atoms with Crippen molar-refractivity contribution in [1.29, 1.82) is 0 Å². The first-order valence-electron chi connectivity index (χ1n) is 2.02. The number of hydrogen-bond donors (Lipinski definition) is 2. The summed E-state index contributed by atoms with van der Waals surface area (Å²) in [6.07, 6.45) is 4.00. The Morgan fingerprint density at radius 1 is 1.71 bits per heavy atom. The molecule has 0 aromatic rings. The van der Waals surface area contributed by atoms with Gasteiger partial charge in [0, 0.05) is 6.20 Å². The molecule has 0 spiro atoms. The van der Waals surface area contributed by atoms with E-state index >= 15 is 0 Å². The third-order valence-corrected chi connectivity index (χ3v) is 0.666. The topological polar surface area (TPSA) is 44.6 Å². The second kappa shape index (κ2) is 1.75. The molecular weight excluding hydrogens is 92.1 g/mol. The number of nitrogens with one attached hydrogen (secondary N) is 1. The Hall–Kier alpha value is -0.830. The molecule has 3 heteroatoms. The van der Waals surface area contributed by atoms with Gasteiger partial charge in [-0.05, 0) is 6.08 Å². The predicted molar refractivity (Wildman–Crippen MR) is 26.8 cm³/mol. The van der Waals surface area contributed by atoms with E-state index in [-0.39, 0.29) is 0 Å². The monoisotopic (exact) mass is 98.0 g/mol. The maximum absolute atomic E-state index is 8.58. The number of aliphatic hydroxyl groups is 1. The van der Waals surface area contributed by atoms with Gasteiger partial charge in [0.2, 0.25) is 0 Å². The summed E-state index contributed by atoms with van der Waals surface area (Å²) in [5.74, 6) is 0. The van der Waals surface area contributed by atoms with Gasteiger partial charge < -0.3 is 10.4 Å². The Kier molecular flexibility index (Phi) is 1.08. The third-order valence-electron chi connectivity index (χ3n) is 0.666. The van der Waals surface area contributed by atoms with Crippen LogP contribution < -0.4 is 5.32 Å². The smallest absolute Gasteiger partial charge is 0.167 e. The van der Waals surface area contributed by atoms with Crippen LogP contribution in [0.5, 0.6) is 0 Å². The quantitative estimate of drug-likeness (QED) is 0.427. The molecule has 1 heterocycles. The van der Waals surface area contributed by atoms with Gasteiger partial charge in [-0.2, -0.15) is 0 Å². The Balaban J connectivity index is 2.49. The summed E-state index contributed by atoms with van der Waals surface area (Å²) in [6.45, 7) is 0. The second-order valence-electron chi connectivity index (χ2n) is 1.22. The van der Waals surface area contributed by atoms with Crippen molar-refractivity contribution < 1.29 is 5.11 Å². The van der Waals surface area contributed by atoms with Gasteiger partial charge >= 0.3 is 0 Å². The summed E-state index contributed by atoms with van der Waals surface area (Å²) < 4.78 is 0. The number of aliphatic imine (C=N–C) groups is 1. The molecule has 1 aliphatic heterocycles. The zero-order valence-corrected chi connectivity index (χ0v) is 3.70. The minimum Gasteiger partial charge on any atom is -0.368 e. The van der Waals surface area contributed by atoms with Gasteiger partial charge in [0.1, 0.15) is 0 Å². The van der Waals surface area contributed by atoms with E-state index in [9.17, 15) is 0 Å². The largest absolute Gasteiger partial charge is 0.368 e. The summed E-state index contributed by atoms with van der Waals surface area (Å²) in [7, 11) is 0. The first-order chi connectivity index (χ1) is 3.39. The fourth-order valence-electron chi connectivity index (χ4n) is 0.354. The lowest BCUT2D eigenvalue weighted by atomic mass is 10.5. The maximum Gasteiger partial charge on any atom is 0.167 e. The predicted octanol–water partition coefficient (Wildman–Crippen LogP) is -0.550. The van der Waals surface area contributed by atoms with Crippen LogP contribution in [-0.4, -0.2) is 17.7 Å². The van der Waals surface area contributed by atoms with Crippen LogP contribution in [0.2, 0.25) is 0 Å². The summed E-state index contributed by atoms with van der Waals surface area (Å²) >= 11 is 0. The molecule has 38 valence electrons. The molecule has 1 aliphatic rings. The highest BCUT2D eigenvalue weighted by molar-refractivity contribution is 5.57. The van der Waals surface area contributed by atoms with Gasteiger partial charge in [-0.25, -0.2) is 4.99 Å². The molecule has 0 bridgehead atoms. The van der Waals surface area contributed by atoms with Gasteiger partial charge in [-0.15, -0.1) is 0 Å². The SMILES string of the molecule is OC1C=CNC=N1. The van der Waals surface area contributed by atoms with E-state index in [2.05, 4.69) is 10.3 Å². The first kappa shape index (κ1) is 4.33. The maximum atomic E-state index is 8.58. The van der Waals surface area contributed by atoms with Crippen molar-refractivity contribution in [3.05, 3.63) is 12.3 Å². The number of nitrogens with zero attached hydrogens (tertiary/aromatic N) is 1. The molecule has 2 N–H and O–H groups in total. The molecule has 0 amide bonds. The molecular formula is C4H6N2O.